The van der Waals surface area contributed by atoms with Crippen molar-refractivity contribution in [2.75, 3.05) is 20.3 Å². The van der Waals surface area contributed by atoms with Gasteiger partial charge in [0.2, 0.25) is 5.91 Å². The summed E-state index contributed by atoms with van der Waals surface area (Å²) >= 11 is 0. The molecule has 2 atom stereocenters. The highest BCUT2D eigenvalue weighted by molar-refractivity contribution is 5.88. The van der Waals surface area contributed by atoms with Crippen LogP contribution in [0.2, 0.25) is 0 Å². The van der Waals surface area contributed by atoms with Crippen LogP contribution in [0.4, 0.5) is 0 Å². The van der Waals surface area contributed by atoms with Gasteiger partial charge in [0, 0.05) is 26.7 Å². The Morgan fingerprint density at radius 3 is 2.95 bits per heavy atom. The second-order valence-electron chi connectivity index (χ2n) is 5.02. The number of benzene rings is 1. The summed E-state index contributed by atoms with van der Waals surface area (Å²) < 4.78 is 4.88. The topological polar surface area (TPSA) is 87.7 Å². The smallest absolute Gasteiger partial charge is 0.326 e. The van der Waals surface area contributed by atoms with Gasteiger partial charge in [-0.25, -0.2) is 4.79 Å². The average molecular weight is 292 g/mol. The SMILES string of the molecule is COCCC(NC(=O)C1NCCc2ccccc21)C(=O)O. The van der Waals surface area contributed by atoms with Gasteiger partial charge in [-0.1, -0.05) is 24.3 Å². The standard InChI is InChI=1S/C15H20N2O4/c1-21-9-7-12(15(19)20)17-14(18)13-11-5-3-2-4-10(11)6-8-16-13/h2-5,12-13,16H,6-9H2,1H3,(H,17,18)(H,19,20). The molecule has 6 nitrogen and oxygen atoms in total. The number of hydrogen-bond acceptors (Lipinski definition) is 4. The molecule has 3 N–H and O–H groups in total. The number of carbonyl (C=O) groups is 2. The molecule has 2 unspecified atom stereocenters. The molecule has 6 heteroatoms. The predicted octanol–water partition coefficient (Wildman–Crippen LogP) is 0.479. The number of rotatable bonds is 6. The molecule has 1 aliphatic heterocycles. The van der Waals surface area contributed by atoms with Gasteiger partial charge in [0.1, 0.15) is 12.1 Å². The minimum Gasteiger partial charge on any atom is -0.480 e. The normalized spacial score (nSPS) is 18.6. The van der Waals surface area contributed by atoms with E-state index in [0.717, 1.165) is 17.5 Å². The first kappa shape index (κ1) is 15.5. The zero-order valence-corrected chi connectivity index (χ0v) is 12.0. The van der Waals surface area contributed by atoms with E-state index in [1.807, 2.05) is 24.3 Å². The van der Waals surface area contributed by atoms with Crippen LogP contribution in [0.5, 0.6) is 0 Å². The molecule has 1 aliphatic rings. The summed E-state index contributed by atoms with van der Waals surface area (Å²) in [6.07, 6.45) is 1.11. The van der Waals surface area contributed by atoms with Gasteiger partial charge in [0.05, 0.1) is 0 Å². The van der Waals surface area contributed by atoms with Gasteiger partial charge in [-0.05, 0) is 17.5 Å². The minimum atomic E-state index is -1.05. The molecule has 21 heavy (non-hydrogen) atoms. The second kappa shape index (κ2) is 7.19. The number of hydrogen-bond donors (Lipinski definition) is 3. The summed E-state index contributed by atoms with van der Waals surface area (Å²) in [5.41, 5.74) is 2.04. The molecule has 1 heterocycles. The Morgan fingerprint density at radius 2 is 2.24 bits per heavy atom. The van der Waals surface area contributed by atoms with Crippen molar-refractivity contribution in [2.45, 2.75) is 24.9 Å². The van der Waals surface area contributed by atoms with Crippen LogP contribution in [-0.2, 0) is 20.7 Å². The molecule has 0 spiro atoms. The number of methoxy groups -OCH3 is 1. The number of carboxylic acid groups (broad SMARTS) is 1. The predicted molar refractivity (Wildman–Crippen MR) is 76.9 cm³/mol. The molecule has 114 valence electrons. The Hall–Kier alpha value is -1.92. The van der Waals surface area contributed by atoms with Gasteiger partial charge in [-0.3, -0.25) is 4.79 Å². The lowest BCUT2D eigenvalue weighted by Gasteiger charge is -2.27. The van der Waals surface area contributed by atoms with E-state index in [-0.39, 0.29) is 18.9 Å². The van der Waals surface area contributed by atoms with Crippen molar-refractivity contribution in [2.24, 2.45) is 0 Å². The average Bonchev–Trinajstić information content (AvgIpc) is 2.50. The summed E-state index contributed by atoms with van der Waals surface area (Å²) in [4.78, 5) is 23.5. The number of aliphatic carboxylic acids is 1. The van der Waals surface area contributed by atoms with Crippen molar-refractivity contribution in [3.63, 3.8) is 0 Å². The van der Waals surface area contributed by atoms with E-state index in [4.69, 9.17) is 9.84 Å². The van der Waals surface area contributed by atoms with Crippen molar-refractivity contribution in [3.8, 4) is 0 Å². The highest BCUT2D eigenvalue weighted by Gasteiger charge is 2.29. The Morgan fingerprint density at radius 1 is 1.48 bits per heavy atom. The van der Waals surface area contributed by atoms with Crippen molar-refractivity contribution < 1.29 is 19.4 Å². The van der Waals surface area contributed by atoms with Crippen molar-refractivity contribution in [1.82, 2.24) is 10.6 Å². The maximum Gasteiger partial charge on any atom is 0.326 e. The molecular formula is C15H20N2O4. The number of amides is 1. The van der Waals surface area contributed by atoms with Crippen LogP contribution in [0.1, 0.15) is 23.6 Å². The largest absolute Gasteiger partial charge is 0.480 e. The fourth-order valence-corrected chi connectivity index (χ4v) is 2.49. The van der Waals surface area contributed by atoms with E-state index in [1.54, 1.807) is 0 Å². The zero-order valence-electron chi connectivity index (χ0n) is 12.0. The van der Waals surface area contributed by atoms with Crippen molar-refractivity contribution in [1.29, 1.82) is 0 Å². The van der Waals surface area contributed by atoms with E-state index >= 15 is 0 Å². The van der Waals surface area contributed by atoms with Crippen LogP contribution in [0, 0.1) is 0 Å². The Kier molecular flexibility index (Phi) is 5.30. The fourth-order valence-electron chi connectivity index (χ4n) is 2.49. The van der Waals surface area contributed by atoms with Crippen LogP contribution >= 0.6 is 0 Å². The Labute approximate surface area is 123 Å². The summed E-state index contributed by atoms with van der Waals surface area (Å²) in [5.74, 6) is -1.37. The van der Waals surface area contributed by atoms with Gasteiger partial charge < -0.3 is 20.5 Å². The highest BCUT2D eigenvalue weighted by Crippen LogP contribution is 2.22. The van der Waals surface area contributed by atoms with E-state index < -0.39 is 18.1 Å². The Balaban J connectivity index is 2.08. The minimum absolute atomic E-state index is 0.242. The molecule has 0 aromatic heterocycles. The number of carbonyl (C=O) groups excluding carboxylic acids is 1. The van der Waals surface area contributed by atoms with Gasteiger partial charge in [0.15, 0.2) is 0 Å². The number of ether oxygens (including phenoxy) is 1. The molecule has 1 amide bonds. The molecule has 0 saturated heterocycles. The third-order valence-electron chi connectivity index (χ3n) is 3.60. The number of nitrogens with one attached hydrogen (secondary N) is 2. The molecule has 1 aromatic rings. The lowest BCUT2D eigenvalue weighted by Crippen LogP contribution is -2.48. The number of fused-ring (bicyclic) bond motifs is 1. The van der Waals surface area contributed by atoms with E-state index in [9.17, 15) is 9.59 Å². The molecular weight excluding hydrogens is 272 g/mol. The Bertz CT molecular complexity index is 518. The monoisotopic (exact) mass is 292 g/mol. The molecule has 0 radical (unpaired) electrons. The molecule has 0 saturated carbocycles. The summed E-state index contributed by atoms with van der Waals surface area (Å²) in [6, 6.07) is 6.28. The van der Waals surface area contributed by atoms with Crippen LogP contribution in [0.15, 0.2) is 24.3 Å². The van der Waals surface area contributed by atoms with Crippen molar-refractivity contribution in [3.05, 3.63) is 35.4 Å². The van der Waals surface area contributed by atoms with Crippen LogP contribution in [-0.4, -0.2) is 43.3 Å². The summed E-state index contributed by atoms with van der Waals surface area (Å²) in [7, 11) is 1.50. The first-order valence-corrected chi connectivity index (χ1v) is 6.96. The lowest BCUT2D eigenvalue weighted by molar-refractivity contribution is -0.142. The highest BCUT2D eigenvalue weighted by atomic mass is 16.5. The van der Waals surface area contributed by atoms with Gasteiger partial charge >= 0.3 is 5.97 Å². The maximum absolute atomic E-state index is 12.4. The van der Waals surface area contributed by atoms with Gasteiger partial charge in [0.25, 0.3) is 0 Å². The molecule has 1 aromatic carbocycles. The molecule has 0 fully saturated rings. The van der Waals surface area contributed by atoms with Crippen molar-refractivity contribution >= 4 is 11.9 Å². The maximum atomic E-state index is 12.4. The number of carboxylic acids is 1. The summed E-state index contributed by atoms with van der Waals surface area (Å²) in [5, 5.41) is 14.9. The van der Waals surface area contributed by atoms with Crippen LogP contribution < -0.4 is 10.6 Å². The first-order chi connectivity index (χ1) is 10.1. The molecule has 0 aliphatic carbocycles. The van der Waals surface area contributed by atoms with Crippen LogP contribution in [0.3, 0.4) is 0 Å². The van der Waals surface area contributed by atoms with E-state index in [1.165, 1.54) is 7.11 Å². The lowest BCUT2D eigenvalue weighted by atomic mass is 9.93. The molecule has 0 bridgehead atoms. The third-order valence-corrected chi connectivity index (χ3v) is 3.60. The van der Waals surface area contributed by atoms with E-state index in [2.05, 4.69) is 10.6 Å². The van der Waals surface area contributed by atoms with Gasteiger partial charge in [-0.15, -0.1) is 0 Å². The second-order valence-corrected chi connectivity index (χ2v) is 5.02. The van der Waals surface area contributed by atoms with E-state index in [0.29, 0.717) is 6.54 Å². The summed E-state index contributed by atoms with van der Waals surface area (Å²) in [6.45, 7) is 0.983. The fraction of sp³-hybridized carbons (Fsp3) is 0.467. The first-order valence-electron chi connectivity index (χ1n) is 6.96. The van der Waals surface area contributed by atoms with Gasteiger partial charge in [-0.2, -0.15) is 0 Å². The zero-order chi connectivity index (χ0) is 15.2. The quantitative estimate of drug-likeness (QED) is 0.710. The van der Waals surface area contributed by atoms with Crippen LogP contribution in [0.25, 0.3) is 0 Å². The molecule has 2 rings (SSSR count). The third kappa shape index (κ3) is 3.80.